The lowest BCUT2D eigenvalue weighted by Gasteiger charge is -2.15. The van der Waals surface area contributed by atoms with Gasteiger partial charge in [-0.3, -0.25) is 0 Å². The molecule has 0 aliphatic heterocycles. The van der Waals surface area contributed by atoms with Crippen molar-refractivity contribution >= 4 is 11.5 Å². The first-order valence-electron chi connectivity index (χ1n) is 7.60. The third-order valence-electron chi connectivity index (χ3n) is 3.42. The molecular formula is C17H21N3O2. The van der Waals surface area contributed by atoms with Crippen molar-refractivity contribution in [3.05, 3.63) is 36.3 Å². The SMILES string of the molecule is COc1cc(Nc2ccnc(C3CC3)n2)ccc1OC(C)C. The molecule has 0 saturated heterocycles. The summed E-state index contributed by atoms with van der Waals surface area (Å²) in [7, 11) is 1.64. The summed E-state index contributed by atoms with van der Waals surface area (Å²) >= 11 is 0. The van der Waals surface area contributed by atoms with Gasteiger partial charge in [0, 0.05) is 23.9 Å². The maximum atomic E-state index is 5.72. The van der Waals surface area contributed by atoms with Gasteiger partial charge in [-0.25, -0.2) is 9.97 Å². The van der Waals surface area contributed by atoms with E-state index in [0.29, 0.717) is 11.7 Å². The molecule has 3 rings (SSSR count). The lowest BCUT2D eigenvalue weighted by atomic mass is 10.2. The minimum Gasteiger partial charge on any atom is -0.493 e. The van der Waals surface area contributed by atoms with E-state index in [4.69, 9.17) is 9.47 Å². The highest BCUT2D eigenvalue weighted by Crippen LogP contribution is 2.38. The number of ether oxygens (including phenoxy) is 2. The van der Waals surface area contributed by atoms with Crippen molar-refractivity contribution in [2.75, 3.05) is 12.4 Å². The second-order valence-electron chi connectivity index (χ2n) is 5.73. The van der Waals surface area contributed by atoms with E-state index in [1.165, 1.54) is 12.8 Å². The molecule has 0 spiro atoms. The summed E-state index contributed by atoms with van der Waals surface area (Å²) in [6.07, 6.45) is 4.30. The Morgan fingerprint density at radius 1 is 1.18 bits per heavy atom. The van der Waals surface area contributed by atoms with Crippen LogP contribution >= 0.6 is 0 Å². The molecule has 116 valence electrons. The largest absolute Gasteiger partial charge is 0.493 e. The molecule has 1 fully saturated rings. The Bertz CT molecular complexity index is 654. The quantitative estimate of drug-likeness (QED) is 0.877. The van der Waals surface area contributed by atoms with E-state index in [1.54, 1.807) is 13.3 Å². The van der Waals surface area contributed by atoms with Crippen LogP contribution in [0.2, 0.25) is 0 Å². The molecular weight excluding hydrogens is 278 g/mol. The van der Waals surface area contributed by atoms with Crippen molar-refractivity contribution in [3.8, 4) is 11.5 Å². The fraction of sp³-hybridized carbons (Fsp3) is 0.412. The minimum atomic E-state index is 0.107. The van der Waals surface area contributed by atoms with Gasteiger partial charge in [-0.05, 0) is 44.9 Å². The summed E-state index contributed by atoms with van der Waals surface area (Å²) in [5.41, 5.74) is 0.911. The molecule has 1 heterocycles. The summed E-state index contributed by atoms with van der Waals surface area (Å²) in [4.78, 5) is 8.89. The molecule has 0 amide bonds. The summed E-state index contributed by atoms with van der Waals surface area (Å²) in [6, 6.07) is 7.65. The Labute approximate surface area is 130 Å². The standard InChI is InChI=1S/C17H21N3O2/c1-11(2)22-14-7-6-13(10-15(14)21-3)19-16-8-9-18-17(20-16)12-4-5-12/h6-12H,4-5H2,1-3H3,(H,18,19,20). The van der Waals surface area contributed by atoms with Crippen LogP contribution in [0.15, 0.2) is 30.5 Å². The van der Waals surface area contributed by atoms with Crippen LogP contribution < -0.4 is 14.8 Å². The van der Waals surface area contributed by atoms with Gasteiger partial charge in [0.1, 0.15) is 11.6 Å². The van der Waals surface area contributed by atoms with E-state index in [2.05, 4.69) is 15.3 Å². The van der Waals surface area contributed by atoms with E-state index in [1.807, 2.05) is 38.1 Å². The van der Waals surface area contributed by atoms with Gasteiger partial charge in [-0.1, -0.05) is 0 Å². The van der Waals surface area contributed by atoms with Crippen molar-refractivity contribution in [1.82, 2.24) is 9.97 Å². The smallest absolute Gasteiger partial charge is 0.162 e. The molecule has 0 bridgehead atoms. The number of nitrogens with zero attached hydrogens (tertiary/aromatic N) is 2. The molecule has 0 unspecified atom stereocenters. The van der Waals surface area contributed by atoms with Gasteiger partial charge in [-0.2, -0.15) is 0 Å². The first kappa shape index (κ1) is 14.6. The van der Waals surface area contributed by atoms with Crippen LogP contribution in [0.1, 0.15) is 38.4 Å². The van der Waals surface area contributed by atoms with E-state index >= 15 is 0 Å². The zero-order valence-corrected chi connectivity index (χ0v) is 13.2. The van der Waals surface area contributed by atoms with Gasteiger partial charge in [-0.15, -0.1) is 0 Å². The Morgan fingerprint density at radius 3 is 2.68 bits per heavy atom. The van der Waals surface area contributed by atoms with Crippen molar-refractivity contribution in [2.24, 2.45) is 0 Å². The first-order valence-corrected chi connectivity index (χ1v) is 7.60. The van der Waals surface area contributed by atoms with Gasteiger partial charge < -0.3 is 14.8 Å². The fourth-order valence-corrected chi connectivity index (χ4v) is 2.23. The highest BCUT2D eigenvalue weighted by Gasteiger charge is 2.26. The van der Waals surface area contributed by atoms with Gasteiger partial charge in [0.25, 0.3) is 0 Å². The van der Waals surface area contributed by atoms with Gasteiger partial charge in [0.15, 0.2) is 11.5 Å². The van der Waals surface area contributed by atoms with E-state index < -0.39 is 0 Å². The molecule has 1 aliphatic rings. The van der Waals surface area contributed by atoms with Gasteiger partial charge in [0.05, 0.1) is 13.2 Å². The zero-order chi connectivity index (χ0) is 15.5. The Balaban J connectivity index is 1.78. The maximum absolute atomic E-state index is 5.72. The molecule has 1 aromatic heterocycles. The van der Waals surface area contributed by atoms with Crippen LogP contribution in [0.4, 0.5) is 11.5 Å². The predicted octanol–water partition coefficient (Wildman–Crippen LogP) is 3.89. The van der Waals surface area contributed by atoms with Crippen molar-refractivity contribution in [3.63, 3.8) is 0 Å². The summed E-state index contributed by atoms with van der Waals surface area (Å²) in [5, 5.41) is 3.30. The normalized spacial score (nSPS) is 14.0. The van der Waals surface area contributed by atoms with E-state index in [-0.39, 0.29) is 6.10 Å². The highest BCUT2D eigenvalue weighted by molar-refractivity contribution is 5.61. The summed E-state index contributed by atoms with van der Waals surface area (Å²) in [5.74, 6) is 3.71. The number of aromatic nitrogens is 2. The first-order chi connectivity index (χ1) is 10.7. The predicted molar refractivity (Wildman–Crippen MR) is 86.0 cm³/mol. The highest BCUT2D eigenvalue weighted by atomic mass is 16.5. The van der Waals surface area contributed by atoms with Gasteiger partial charge >= 0.3 is 0 Å². The second-order valence-corrected chi connectivity index (χ2v) is 5.73. The van der Waals surface area contributed by atoms with E-state index in [0.717, 1.165) is 23.1 Å². The topological polar surface area (TPSA) is 56.3 Å². The molecule has 5 heteroatoms. The number of hydrogen-bond donors (Lipinski definition) is 1. The molecule has 22 heavy (non-hydrogen) atoms. The van der Waals surface area contributed by atoms with Crippen LogP contribution in [0.5, 0.6) is 11.5 Å². The van der Waals surface area contributed by atoms with Crippen LogP contribution in [-0.4, -0.2) is 23.2 Å². The molecule has 1 aliphatic carbocycles. The summed E-state index contributed by atoms with van der Waals surface area (Å²) < 4.78 is 11.1. The lowest BCUT2D eigenvalue weighted by molar-refractivity contribution is 0.230. The molecule has 1 aromatic carbocycles. The molecule has 1 saturated carbocycles. The van der Waals surface area contributed by atoms with Crippen LogP contribution in [-0.2, 0) is 0 Å². The minimum absolute atomic E-state index is 0.107. The molecule has 5 nitrogen and oxygen atoms in total. The average Bonchev–Trinajstić information content (AvgIpc) is 3.33. The molecule has 0 atom stereocenters. The Hall–Kier alpha value is -2.30. The number of rotatable bonds is 6. The number of methoxy groups -OCH3 is 1. The van der Waals surface area contributed by atoms with Crippen molar-refractivity contribution in [1.29, 1.82) is 0 Å². The third kappa shape index (κ3) is 3.47. The van der Waals surface area contributed by atoms with Crippen molar-refractivity contribution in [2.45, 2.75) is 38.7 Å². The molecule has 1 N–H and O–H groups in total. The average molecular weight is 299 g/mol. The number of benzene rings is 1. The Morgan fingerprint density at radius 2 is 2.00 bits per heavy atom. The second kappa shape index (κ2) is 6.22. The van der Waals surface area contributed by atoms with Gasteiger partial charge in [0.2, 0.25) is 0 Å². The number of nitrogens with one attached hydrogen (secondary N) is 1. The molecule has 0 radical (unpaired) electrons. The molecule has 2 aromatic rings. The third-order valence-corrected chi connectivity index (χ3v) is 3.42. The zero-order valence-electron chi connectivity index (χ0n) is 13.2. The maximum Gasteiger partial charge on any atom is 0.162 e. The van der Waals surface area contributed by atoms with Crippen LogP contribution in [0.3, 0.4) is 0 Å². The fourth-order valence-electron chi connectivity index (χ4n) is 2.23. The number of hydrogen-bond acceptors (Lipinski definition) is 5. The monoisotopic (exact) mass is 299 g/mol. The number of anilines is 2. The Kier molecular flexibility index (Phi) is 4.13. The van der Waals surface area contributed by atoms with Crippen LogP contribution in [0.25, 0.3) is 0 Å². The van der Waals surface area contributed by atoms with E-state index in [9.17, 15) is 0 Å². The summed E-state index contributed by atoms with van der Waals surface area (Å²) in [6.45, 7) is 3.98. The lowest BCUT2D eigenvalue weighted by Crippen LogP contribution is -2.07. The van der Waals surface area contributed by atoms with Crippen molar-refractivity contribution < 1.29 is 9.47 Å². The van der Waals surface area contributed by atoms with Crippen LogP contribution in [0, 0.1) is 0 Å².